The fraction of sp³-hybridized carbons (Fsp3) is 0.294. The van der Waals surface area contributed by atoms with Gasteiger partial charge in [-0.2, -0.15) is 0 Å². The van der Waals surface area contributed by atoms with E-state index < -0.39 is 0 Å². The van der Waals surface area contributed by atoms with Crippen LogP contribution in [0.25, 0.3) is 0 Å². The maximum absolute atomic E-state index is 13.5. The van der Waals surface area contributed by atoms with Crippen LogP contribution in [0.3, 0.4) is 0 Å². The van der Waals surface area contributed by atoms with Crippen LogP contribution in [0.5, 0.6) is 0 Å². The molecule has 20 heavy (non-hydrogen) atoms. The summed E-state index contributed by atoms with van der Waals surface area (Å²) in [5.74, 6) is -0.138. The minimum absolute atomic E-state index is 0.138. The van der Waals surface area contributed by atoms with Crippen LogP contribution in [0.4, 0.5) is 4.39 Å². The van der Waals surface area contributed by atoms with Gasteiger partial charge in [-0.1, -0.05) is 24.3 Å². The minimum atomic E-state index is -0.138. The van der Waals surface area contributed by atoms with Crippen molar-refractivity contribution in [2.24, 2.45) is 0 Å². The first-order valence-corrected chi connectivity index (χ1v) is 7.95. The Morgan fingerprint density at radius 3 is 2.45 bits per heavy atom. The number of hydrogen-bond donors (Lipinski definition) is 1. The number of benzene rings is 2. The quantitative estimate of drug-likeness (QED) is 0.800. The van der Waals surface area contributed by atoms with Crippen LogP contribution in [0.1, 0.15) is 29.7 Å². The number of aryl methyl sites for hydroxylation is 1. The summed E-state index contributed by atoms with van der Waals surface area (Å²) in [5, 5.41) is 3.43. The van der Waals surface area contributed by atoms with E-state index in [1.165, 1.54) is 10.5 Å². The summed E-state index contributed by atoms with van der Waals surface area (Å²) >= 11 is 1.74. The largest absolute Gasteiger partial charge is 0.306 e. The molecule has 0 heterocycles. The average Bonchev–Trinajstić information content (AvgIpc) is 2.48. The summed E-state index contributed by atoms with van der Waals surface area (Å²) < 4.78 is 13.5. The predicted octanol–water partition coefficient (Wildman–Crippen LogP) is 4.71. The van der Waals surface area contributed by atoms with Gasteiger partial charge in [0.1, 0.15) is 5.82 Å². The number of halogens is 1. The van der Waals surface area contributed by atoms with Crippen molar-refractivity contribution in [2.45, 2.75) is 31.3 Å². The molecule has 1 unspecified atom stereocenters. The molecule has 106 valence electrons. The van der Waals surface area contributed by atoms with E-state index in [0.717, 1.165) is 5.56 Å². The van der Waals surface area contributed by atoms with Crippen LogP contribution < -0.4 is 5.32 Å². The Kier molecular flexibility index (Phi) is 5.21. The highest BCUT2D eigenvalue weighted by atomic mass is 32.2. The first-order valence-electron chi connectivity index (χ1n) is 6.72. The van der Waals surface area contributed by atoms with E-state index in [1.807, 2.05) is 12.1 Å². The molecule has 0 aromatic heterocycles. The van der Waals surface area contributed by atoms with E-state index >= 15 is 0 Å². The van der Waals surface area contributed by atoms with Gasteiger partial charge in [0.15, 0.2) is 0 Å². The molecular formula is C17H20FNS. The lowest BCUT2D eigenvalue weighted by molar-refractivity contribution is 0.568. The topological polar surface area (TPSA) is 12.0 Å². The second kappa shape index (κ2) is 6.91. The van der Waals surface area contributed by atoms with Gasteiger partial charge in [-0.05, 0) is 55.0 Å². The summed E-state index contributed by atoms with van der Waals surface area (Å²) in [4.78, 5) is 1.27. The van der Waals surface area contributed by atoms with E-state index in [9.17, 15) is 4.39 Å². The zero-order valence-corrected chi connectivity index (χ0v) is 12.9. The van der Waals surface area contributed by atoms with Crippen molar-refractivity contribution < 1.29 is 4.39 Å². The zero-order valence-electron chi connectivity index (χ0n) is 12.1. The SMILES string of the molecule is CSc1ccc(C(C)NCc2ccc(C)c(F)c2)cc1. The normalized spacial score (nSPS) is 12.4. The van der Waals surface area contributed by atoms with Gasteiger partial charge in [0.05, 0.1) is 0 Å². The second-order valence-corrected chi connectivity index (χ2v) is 5.84. The lowest BCUT2D eigenvalue weighted by Crippen LogP contribution is -2.18. The molecule has 1 atom stereocenters. The Balaban J connectivity index is 1.96. The van der Waals surface area contributed by atoms with E-state index in [1.54, 1.807) is 24.8 Å². The first-order chi connectivity index (χ1) is 9.60. The van der Waals surface area contributed by atoms with Gasteiger partial charge >= 0.3 is 0 Å². The first kappa shape index (κ1) is 15.1. The molecule has 0 fully saturated rings. The third-order valence-corrected chi connectivity index (χ3v) is 4.21. The molecule has 0 saturated carbocycles. The van der Waals surface area contributed by atoms with Gasteiger partial charge < -0.3 is 5.32 Å². The van der Waals surface area contributed by atoms with Crippen molar-refractivity contribution in [2.75, 3.05) is 6.26 Å². The molecule has 2 aromatic carbocycles. The van der Waals surface area contributed by atoms with Crippen molar-refractivity contribution in [1.82, 2.24) is 5.32 Å². The number of hydrogen-bond acceptors (Lipinski definition) is 2. The standard InChI is InChI=1S/C17H20FNS/c1-12-4-5-14(10-17(12)18)11-19-13(2)15-6-8-16(20-3)9-7-15/h4-10,13,19H,11H2,1-3H3. The smallest absolute Gasteiger partial charge is 0.126 e. The molecule has 3 heteroatoms. The summed E-state index contributed by atoms with van der Waals surface area (Å²) in [5.41, 5.74) is 2.91. The molecule has 0 aliphatic carbocycles. The van der Waals surface area contributed by atoms with Crippen molar-refractivity contribution in [3.05, 3.63) is 65.0 Å². The molecule has 0 aliphatic rings. The monoisotopic (exact) mass is 289 g/mol. The Hall–Kier alpha value is -1.32. The molecule has 0 spiro atoms. The van der Waals surface area contributed by atoms with Gasteiger partial charge in [0.25, 0.3) is 0 Å². The molecule has 0 amide bonds. The summed E-state index contributed by atoms with van der Waals surface area (Å²) in [6, 6.07) is 14.2. The molecule has 0 radical (unpaired) electrons. The summed E-state index contributed by atoms with van der Waals surface area (Å²) in [7, 11) is 0. The number of thioether (sulfide) groups is 1. The fourth-order valence-corrected chi connectivity index (χ4v) is 2.44. The molecule has 0 aliphatic heterocycles. The fourth-order valence-electron chi connectivity index (χ4n) is 2.03. The van der Waals surface area contributed by atoms with Crippen LogP contribution in [0, 0.1) is 12.7 Å². The second-order valence-electron chi connectivity index (χ2n) is 4.96. The predicted molar refractivity (Wildman–Crippen MR) is 84.6 cm³/mol. The van der Waals surface area contributed by atoms with E-state index in [-0.39, 0.29) is 11.9 Å². The highest BCUT2D eigenvalue weighted by Crippen LogP contribution is 2.19. The van der Waals surface area contributed by atoms with E-state index in [2.05, 4.69) is 42.8 Å². The van der Waals surface area contributed by atoms with Crippen LogP contribution in [0.15, 0.2) is 47.4 Å². The van der Waals surface area contributed by atoms with Crippen molar-refractivity contribution in [1.29, 1.82) is 0 Å². The van der Waals surface area contributed by atoms with Crippen molar-refractivity contribution in [3.63, 3.8) is 0 Å². The molecule has 1 N–H and O–H groups in total. The Labute approximate surface area is 124 Å². The van der Waals surface area contributed by atoms with Crippen LogP contribution in [-0.2, 0) is 6.54 Å². The van der Waals surface area contributed by atoms with E-state index in [4.69, 9.17) is 0 Å². The summed E-state index contributed by atoms with van der Waals surface area (Å²) in [6.07, 6.45) is 2.07. The Morgan fingerprint density at radius 1 is 1.15 bits per heavy atom. The van der Waals surface area contributed by atoms with Gasteiger partial charge in [-0.3, -0.25) is 0 Å². The average molecular weight is 289 g/mol. The van der Waals surface area contributed by atoms with Gasteiger partial charge in [-0.25, -0.2) is 4.39 Å². The number of rotatable bonds is 5. The summed E-state index contributed by atoms with van der Waals surface area (Å²) in [6.45, 7) is 4.57. The maximum atomic E-state index is 13.5. The maximum Gasteiger partial charge on any atom is 0.126 e. The molecule has 0 saturated heterocycles. The zero-order chi connectivity index (χ0) is 14.5. The van der Waals surface area contributed by atoms with Crippen LogP contribution in [0.2, 0.25) is 0 Å². The van der Waals surface area contributed by atoms with Crippen molar-refractivity contribution in [3.8, 4) is 0 Å². The molecule has 0 bridgehead atoms. The lowest BCUT2D eigenvalue weighted by atomic mass is 10.1. The van der Waals surface area contributed by atoms with Gasteiger partial charge in [0, 0.05) is 17.5 Å². The van der Waals surface area contributed by atoms with Crippen molar-refractivity contribution >= 4 is 11.8 Å². The lowest BCUT2D eigenvalue weighted by Gasteiger charge is -2.15. The molecule has 2 aromatic rings. The highest BCUT2D eigenvalue weighted by molar-refractivity contribution is 7.98. The Bertz CT molecular complexity index is 566. The third-order valence-electron chi connectivity index (χ3n) is 3.46. The molecule has 2 rings (SSSR count). The highest BCUT2D eigenvalue weighted by Gasteiger charge is 2.06. The minimum Gasteiger partial charge on any atom is -0.306 e. The van der Waals surface area contributed by atoms with Crippen LogP contribution in [-0.4, -0.2) is 6.26 Å². The van der Waals surface area contributed by atoms with Gasteiger partial charge in [-0.15, -0.1) is 11.8 Å². The van der Waals surface area contributed by atoms with Crippen LogP contribution >= 0.6 is 11.8 Å². The third kappa shape index (κ3) is 3.84. The Morgan fingerprint density at radius 2 is 1.85 bits per heavy atom. The number of nitrogens with one attached hydrogen (secondary N) is 1. The van der Waals surface area contributed by atoms with Gasteiger partial charge in [0.2, 0.25) is 0 Å². The van der Waals surface area contributed by atoms with E-state index in [0.29, 0.717) is 12.1 Å². The molecule has 1 nitrogen and oxygen atoms in total. The molecular weight excluding hydrogens is 269 g/mol.